The Balaban J connectivity index is 1.83. The number of hydrogen-bond donors (Lipinski definition) is 1. The zero-order chi connectivity index (χ0) is 18.2. The van der Waals surface area contributed by atoms with Gasteiger partial charge in [0.05, 0.1) is 22.2 Å². The number of carbonyl (C=O) groups is 1. The highest BCUT2D eigenvalue weighted by Gasteiger charge is 2.28. The summed E-state index contributed by atoms with van der Waals surface area (Å²) in [5.41, 5.74) is 3.54. The highest BCUT2D eigenvalue weighted by Crippen LogP contribution is 2.31. The molecule has 0 spiro atoms. The summed E-state index contributed by atoms with van der Waals surface area (Å²) in [4.78, 5) is 12.4. The molecule has 0 aliphatic carbocycles. The normalized spacial score (nSPS) is 16.0. The minimum Gasteiger partial charge on any atom is -0.321 e. The van der Waals surface area contributed by atoms with Crippen LogP contribution < -0.4 is 9.62 Å². The molecule has 0 bridgehead atoms. The first-order valence-electron chi connectivity index (χ1n) is 7.96. The van der Waals surface area contributed by atoms with Gasteiger partial charge < -0.3 is 5.32 Å². The Labute approximate surface area is 152 Å². The summed E-state index contributed by atoms with van der Waals surface area (Å²) in [6.45, 7) is 4.32. The number of sulfonamides is 1. The van der Waals surface area contributed by atoms with E-state index in [-0.39, 0.29) is 11.7 Å². The van der Waals surface area contributed by atoms with Gasteiger partial charge in [-0.1, -0.05) is 28.8 Å². The fourth-order valence-electron chi connectivity index (χ4n) is 2.99. The summed E-state index contributed by atoms with van der Waals surface area (Å²) >= 11 is 6.26. The summed E-state index contributed by atoms with van der Waals surface area (Å²) in [6, 6.07) is 10.5. The van der Waals surface area contributed by atoms with Crippen molar-refractivity contribution in [2.75, 3.05) is 21.9 Å². The number of amides is 1. The third-order valence-corrected chi connectivity index (χ3v) is 6.25. The maximum atomic E-state index is 12.4. The third kappa shape index (κ3) is 3.80. The summed E-state index contributed by atoms with van der Waals surface area (Å²) in [6.07, 6.45) is 0.602. The molecule has 3 rings (SSSR count). The van der Waals surface area contributed by atoms with Crippen molar-refractivity contribution in [3.05, 3.63) is 58.1 Å². The van der Waals surface area contributed by atoms with Crippen molar-refractivity contribution < 1.29 is 13.2 Å². The van der Waals surface area contributed by atoms with Crippen molar-refractivity contribution in [2.45, 2.75) is 20.3 Å². The second-order valence-electron chi connectivity index (χ2n) is 6.24. The molecule has 132 valence electrons. The Hall–Kier alpha value is -2.05. The molecule has 0 radical (unpaired) electrons. The molecule has 0 aromatic heterocycles. The monoisotopic (exact) mass is 378 g/mol. The molecule has 0 saturated carbocycles. The van der Waals surface area contributed by atoms with Gasteiger partial charge in [-0.05, 0) is 50.6 Å². The molecule has 0 unspecified atom stereocenters. The lowest BCUT2D eigenvalue weighted by atomic mass is 10.1. The van der Waals surface area contributed by atoms with Crippen LogP contribution in [0, 0.1) is 13.8 Å². The van der Waals surface area contributed by atoms with Gasteiger partial charge in [0, 0.05) is 12.1 Å². The highest BCUT2D eigenvalue weighted by atomic mass is 35.5. The molecule has 25 heavy (non-hydrogen) atoms. The average Bonchev–Trinajstić information content (AvgIpc) is 2.87. The van der Waals surface area contributed by atoms with Gasteiger partial charge in [0.25, 0.3) is 5.91 Å². The first-order chi connectivity index (χ1) is 11.8. The third-order valence-electron chi connectivity index (χ3n) is 4.07. The van der Waals surface area contributed by atoms with Crippen LogP contribution in [-0.2, 0) is 10.0 Å². The van der Waals surface area contributed by atoms with E-state index in [4.69, 9.17) is 11.6 Å². The summed E-state index contributed by atoms with van der Waals surface area (Å²) in [5, 5.41) is 3.08. The van der Waals surface area contributed by atoms with E-state index in [9.17, 15) is 13.2 Å². The van der Waals surface area contributed by atoms with Crippen LogP contribution in [0.1, 0.15) is 27.9 Å². The fourth-order valence-corrected chi connectivity index (χ4v) is 4.77. The van der Waals surface area contributed by atoms with E-state index in [2.05, 4.69) is 5.32 Å². The van der Waals surface area contributed by atoms with E-state index in [1.807, 2.05) is 19.9 Å². The van der Waals surface area contributed by atoms with Gasteiger partial charge in [0.1, 0.15) is 0 Å². The SMILES string of the molecule is Cc1cc(C)cc(C(=O)Nc2ccc(N3CCCS3(=O)=O)cc2Cl)c1. The maximum Gasteiger partial charge on any atom is 0.255 e. The van der Waals surface area contributed by atoms with Crippen LogP contribution in [0.25, 0.3) is 0 Å². The van der Waals surface area contributed by atoms with Gasteiger partial charge >= 0.3 is 0 Å². The summed E-state index contributed by atoms with van der Waals surface area (Å²) in [7, 11) is -3.26. The molecule has 2 aromatic rings. The molecule has 1 saturated heterocycles. The summed E-state index contributed by atoms with van der Waals surface area (Å²) in [5.74, 6) is -0.106. The number of benzene rings is 2. The lowest BCUT2D eigenvalue weighted by molar-refractivity contribution is 0.102. The molecule has 1 N–H and O–H groups in total. The molecule has 0 atom stereocenters. The number of anilines is 2. The lowest BCUT2D eigenvalue weighted by Crippen LogP contribution is -2.25. The minimum absolute atomic E-state index is 0.149. The molecular weight excluding hydrogens is 360 g/mol. The number of aryl methyl sites for hydroxylation is 2. The van der Waals surface area contributed by atoms with Gasteiger partial charge in [-0.25, -0.2) is 8.42 Å². The molecule has 1 fully saturated rings. The predicted molar refractivity (Wildman–Crippen MR) is 101 cm³/mol. The zero-order valence-corrected chi connectivity index (χ0v) is 15.6. The second-order valence-corrected chi connectivity index (χ2v) is 8.66. The number of nitrogens with one attached hydrogen (secondary N) is 1. The number of nitrogens with zero attached hydrogens (tertiary/aromatic N) is 1. The molecule has 2 aromatic carbocycles. The van der Waals surface area contributed by atoms with E-state index in [1.165, 1.54) is 4.31 Å². The van der Waals surface area contributed by atoms with Crippen molar-refractivity contribution in [3.8, 4) is 0 Å². The number of rotatable bonds is 3. The van der Waals surface area contributed by atoms with Gasteiger partial charge in [-0.15, -0.1) is 0 Å². The molecule has 5 nitrogen and oxygen atoms in total. The average molecular weight is 379 g/mol. The molecule has 1 aliphatic rings. The Bertz CT molecular complexity index is 921. The molecule has 1 amide bonds. The van der Waals surface area contributed by atoms with Gasteiger partial charge in [0.15, 0.2) is 0 Å². The predicted octanol–water partition coefficient (Wildman–Crippen LogP) is 3.75. The van der Waals surface area contributed by atoms with E-state index < -0.39 is 10.0 Å². The fraction of sp³-hybridized carbons (Fsp3) is 0.278. The topological polar surface area (TPSA) is 66.5 Å². The van der Waals surface area contributed by atoms with Crippen LogP contribution in [0.2, 0.25) is 5.02 Å². The maximum absolute atomic E-state index is 12.4. The van der Waals surface area contributed by atoms with E-state index in [0.29, 0.717) is 34.9 Å². The number of carbonyl (C=O) groups excluding carboxylic acids is 1. The Kier molecular flexibility index (Phi) is 4.75. The Morgan fingerprint density at radius 3 is 2.36 bits per heavy atom. The van der Waals surface area contributed by atoms with E-state index in [1.54, 1.807) is 30.3 Å². The summed E-state index contributed by atoms with van der Waals surface area (Å²) < 4.78 is 25.4. The van der Waals surface area contributed by atoms with Gasteiger partial charge in [-0.3, -0.25) is 9.10 Å². The van der Waals surface area contributed by atoms with Crippen molar-refractivity contribution >= 4 is 38.9 Å². The largest absolute Gasteiger partial charge is 0.321 e. The smallest absolute Gasteiger partial charge is 0.255 e. The molecular formula is C18H19ClN2O3S. The van der Waals surface area contributed by atoms with Crippen LogP contribution >= 0.6 is 11.6 Å². The van der Waals surface area contributed by atoms with Crippen molar-refractivity contribution in [2.24, 2.45) is 0 Å². The highest BCUT2D eigenvalue weighted by molar-refractivity contribution is 7.93. The van der Waals surface area contributed by atoms with Crippen LogP contribution in [0.3, 0.4) is 0 Å². The van der Waals surface area contributed by atoms with Crippen molar-refractivity contribution in [1.82, 2.24) is 0 Å². The van der Waals surface area contributed by atoms with Crippen LogP contribution in [0.15, 0.2) is 36.4 Å². The van der Waals surface area contributed by atoms with Crippen LogP contribution in [0.4, 0.5) is 11.4 Å². The van der Waals surface area contributed by atoms with Crippen LogP contribution in [-0.4, -0.2) is 26.6 Å². The number of hydrogen-bond acceptors (Lipinski definition) is 3. The van der Waals surface area contributed by atoms with E-state index in [0.717, 1.165) is 11.1 Å². The first kappa shape index (κ1) is 17.8. The first-order valence-corrected chi connectivity index (χ1v) is 9.94. The molecule has 1 heterocycles. The standard InChI is InChI=1S/C18H19ClN2O3S/c1-12-8-13(2)10-14(9-12)18(22)20-17-5-4-15(11-16(17)19)21-6-3-7-25(21,23)24/h4-5,8-11H,3,6-7H2,1-2H3,(H,20,22). The van der Waals surface area contributed by atoms with Crippen LogP contribution in [0.5, 0.6) is 0 Å². The van der Waals surface area contributed by atoms with Gasteiger partial charge in [-0.2, -0.15) is 0 Å². The number of halogens is 1. The quantitative estimate of drug-likeness (QED) is 0.884. The van der Waals surface area contributed by atoms with Crippen molar-refractivity contribution in [1.29, 1.82) is 0 Å². The minimum atomic E-state index is -3.26. The molecule has 7 heteroatoms. The molecule has 1 aliphatic heterocycles. The Morgan fingerprint density at radius 2 is 1.80 bits per heavy atom. The van der Waals surface area contributed by atoms with Gasteiger partial charge in [0.2, 0.25) is 10.0 Å². The lowest BCUT2D eigenvalue weighted by Gasteiger charge is -2.18. The van der Waals surface area contributed by atoms with Crippen molar-refractivity contribution in [3.63, 3.8) is 0 Å². The Morgan fingerprint density at radius 1 is 1.12 bits per heavy atom. The zero-order valence-electron chi connectivity index (χ0n) is 14.0. The van der Waals surface area contributed by atoms with E-state index >= 15 is 0 Å². The second kappa shape index (κ2) is 6.69.